The summed E-state index contributed by atoms with van der Waals surface area (Å²) in [5.41, 5.74) is 7.74. The topological polar surface area (TPSA) is 12.9 Å². The van der Waals surface area contributed by atoms with Gasteiger partial charge in [0.25, 0.3) is 0 Å². The van der Waals surface area contributed by atoms with E-state index in [1.54, 1.807) is 16.7 Å². The summed E-state index contributed by atoms with van der Waals surface area (Å²) >= 11 is 0. The lowest BCUT2D eigenvalue weighted by molar-refractivity contribution is 0.542. The number of allylic oxidation sites excluding steroid dienone is 2. The van der Waals surface area contributed by atoms with Crippen LogP contribution in [0.2, 0.25) is 0 Å². The summed E-state index contributed by atoms with van der Waals surface area (Å²) in [6.07, 6.45) is 17.1. The van der Waals surface area contributed by atoms with Gasteiger partial charge in [-0.2, -0.15) is 0 Å². The largest absolute Gasteiger partial charge is 0.257 e. The summed E-state index contributed by atoms with van der Waals surface area (Å²) in [6, 6.07) is 2.52. The van der Waals surface area contributed by atoms with Gasteiger partial charge in [0.1, 0.15) is 0 Å². The SMILES string of the molecule is C1=C(C2CCCc3cc4c(nc32)CCCC4)CCCC1. The second-order valence-corrected chi connectivity index (χ2v) is 6.82. The maximum atomic E-state index is 5.17. The van der Waals surface area contributed by atoms with Crippen LogP contribution in [0.3, 0.4) is 0 Å². The molecule has 0 fully saturated rings. The van der Waals surface area contributed by atoms with Gasteiger partial charge in [0, 0.05) is 11.6 Å². The summed E-state index contributed by atoms with van der Waals surface area (Å²) in [4.78, 5) is 5.17. The van der Waals surface area contributed by atoms with Crippen LogP contribution in [0.15, 0.2) is 17.7 Å². The summed E-state index contributed by atoms with van der Waals surface area (Å²) < 4.78 is 0. The third kappa shape index (κ3) is 2.21. The van der Waals surface area contributed by atoms with Gasteiger partial charge in [-0.15, -0.1) is 0 Å². The average molecular weight is 267 g/mol. The number of aromatic nitrogens is 1. The molecule has 1 aromatic rings. The van der Waals surface area contributed by atoms with Crippen LogP contribution in [0.25, 0.3) is 0 Å². The molecule has 4 rings (SSSR count). The van der Waals surface area contributed by atoms with Gasteiger partial charge < -0.3 is 0 Å². The molecular formula is C19H25N. The van der Waals surface area contributed by atoms with Gasteiger partial charge in [0.2, 0.25) is 0 Å². The highest BCUT2D eigenvalue weighted by molar-refractivity contribution is 5.39. The van der Waals surface area contributed by atoms with E-state index in [1.165, 1.54) is 82.0 Å². The Bertz CT molecular complexity index is 541. The van der Waals surface area contributed by atoms with Crippen LogP contribution >= 0.6 is 0 Å². The molecule has 1 heterocycles. The molecule has 0 spiro atoms. The Morgan fingerprint density at radius 3 is 2.60 bits per heavy atom. The zero-order valence-corrected chi connectivity index (χ0v) is 12.5. The van der Waals surface area contributed by atoms with Crippen LogP contribution in [-0.4, -0.2) is 4.98 Å². The van der Waals surface area contributed by atoms with Crippen molar-refractivity contribution in [1.82, 2.24) is 4.98 Å². The number of hydrogen-bond donors (Lipinski definition) is 0. The van der Waals surface area contributed by atoms with Gasteiger partial charge in [0.15, 0.2) is 0 Å². The lowest BCUT2D eigenvalue weighted by Crippen LogP contribution is -2.18. The van der Waals surface area contributed by atoms with Crippen LogP contribution in [0.5, 0.6) is 0 Å². The molecule has 1 heteroatoms. The normalized spacial score (nSPS) is 25.6. The predicted octanol–water partition coefficient (Wildman–Crippen LogP) is 4.88. The first kappa shape index (κ1) is 12.6. The molecule has 0 radical (unpaired) electrons. The van der Waals surface area contributed by atoms with Crippen molar-refractivity contribution in [3.8, 4) is 0 Å². The van der Waals surface area contributed by atoms with Crippen molar-refractivity contribution in [3.63, 3.8) is 0 Å². The zero-order chi connectivity index (χ0) is 13.4. The van der Waals surface area contributed by atoms with Crippen molar-refractivity contribution in [3.05, 3.63) is 40.2 Å². The Morgan fingerprint density at radius 2 is 1.70 bits per heavy atom. The molecule has 1 nitrogen and oxygen atoms in total. The van der Waals surface area contributed by atoms with Gasteiger partial charge in [-0.25, -0.2) is 0 Å². The van der Waals surface area contributed by atoms with Crippen LogP contribution in [0, 0.1) is 0 Å². The highest BCUT2D eigenvalue weighted by Gasteiger charge is 2.27. The Labute approximate surface area is 122 Å². The van der Waals surface area contributed by atoms with Crippen molar-refractivity contribution in [2.75, 3.05) is 0 Å². The van der Waals surface area contributed by atoms with E-state index in [1.807, 2.05) is 0 Å². The number of pyridine rings is 1. The maximum Gasteiger partial charge on any atom is 0.0510 e. The first-order chi connectivity index (χ1) is 9.92. The van der Waals surface area contributed by atoms with Crippen molar-refractivity contribution in [2.24, 2.45) is 0 Å². The molecule has 106 valence electrons. The van der Waals surface area contributed by atoms with Gasteiger partial charge in [-0.05, 0) is 81.8 Å². The van der Waals surface area contributed by atoms with Gasteiger partial charge in [-0.1, -0.05) is 17.7 Å². The van der Waals surface area contributed by atoms with Crippen LogP contribution in [0.1, 0.15) is 79.8 Å². The van der Waals surface area contributed by atoms with E-state index in [2.05, 4.69) is 12.1 Å². The van der Waals surface area contributed by atoms with E-state index in [0.29, 0.717) is 5.92 Å². The van der Waals surface area contributed by atoms with E-state index < -0.39 is 0 Å². The van der Waals surface area contributed by atoms with Gasteiger partial charge >= 0.3 is 0 Å². The fourth-order valence-corrected chi connectivity index (χ4v) is 4.37. The molecular weight excluding hydrogens is 242 g/mol. The molecule has 1 atom stereocenters. The number of rotatable bonds is 1. The van der Waals surface area contributed by atoms with Gasteiger partial charge in [-0.3, -0.25) is 4.98 Å². The second kappa shape index (κ2) is 5.35. The standard InChI is InChI=1S/C19H25N/c1-2-7-14(8-3-1)17-11-6-10-16-13-15-9-4-5-12-18(15)20-19(16)17/h7,13,17H,1-6,8-12H2. The molecule has 0 saturated carbocycles. The Morgan fingerprint density at radius 1 is 0.850 bits per heavy atom. The Kier molecular flexibility index (Phi) is 3.37. The highest BCUT2D eigenvalue weighted by Crippen LogP contribution is 2.40. The fraction of sp³-hybridized carbons (Fsp3) is 0.632. The summed E-state index contributed by atoms with van der Waals surface area (Å²) in [5.74, 6) is 0.659. The molecule has 0 aromatic carbocycles. The molecule has 1 aromatic heterocycles. The predicted molar refractivity (Wildman–Crippen MR) is 83.1 cm³/mol. The molecule has 3 aliphatic rings. The molecule has 0 saturated heterocycles. The lowest BCUT2D eigenvalue weighted by atomic mass is 9.77. The van der Waals surface area contributed by atoms with E-state index in [0.717, 1.165) is 0 Å². The molecule has 3 aliphatic carbocycles. The van der Waals surface area contributed by atoms with Crippen molar-refractivity contribution < 1.29 is 0 Å². The molecule has 0 aliphatic heterocycles. The molecule has 1 unspecified atom stereocenters. The molecule has 0 N–H and O–H groups in total. The van der Waals surface area contributed by atoms with Crippen LogP contribution < -0.4 is 0 Å². The minimum atomic E-state index is 0.659. The fourth-order valence-electron chi connectivity index (χ4n) is 4.37. The van der Waals surface area contributed by atoms with E-state index in [-0.39, 0.29) is 0 Å². The van der Waals surface area contributed by atoms with E-state index >= 15 is 0 Å². The molecule has 0 amide bonds. The molecule has 20 heavy (non-hydrogen) atoms. The summed E-state index contributed by atoms with van der Waals surface area (Å²) in [6.45, 7) is 0. The van der Waals surface area contributed by atoms with Crippen LogP contribution in [-0.2, 0) is 19.3 Å². The quantitative estimate of drug-likeness (QED) is 0.661. The monoisotopic (exact) mass is 267 g/mol. The number of aryl methyl sites for hydroxylation is 3. The first-order valence-electron chi connectivity index (χ1n) is 8.62. The Hall–Kier alpha value is -1.11. The summed E-state index contributed by atoms with van der Waals surface area (Å²) in [5, 5.41) is 0. The van der Waals surface area contributed by atoms with E-state index in [4.69, 9.17) is 4.98 Å². The summed E-state index contributed by atoms with van der Waals surface area (Å²) in [7, 11) is 0. The second-order valence-electron chi connectivity index (χ2n) is 6.82. The third-order valence-electron chi connectivity index (χ3n) is 5.46. The maximum absolute atomic E-state index is 5.17. The van der Waals surface area contributed by atoms with Crippen LogP contribution in [0.4, 0.5) is 0 Å². The first-order valence-corrected chi connectivity index (χ1v) is 8.62. The highest BCUT2D eigenvalue weighted by atomic mass is 14.7. The van der Waals surface area contributed by atoms with Crippen molar-refractivity contribution in [1.29, 1.82) is 0 Å². The van der Waals surface area contributed by atoms with Crippen molar-refractivity contribution in [2.45, 2.75) is 76.5 Å². The van der Waals surface area contributed by atoms with E-state index in [9.17, 15) is 0 Å². The average Bonchev–Trinajstić information content (AvgIpc) is 2.53. The Balaban J connectivity index is 1.74. The smallest absolute Gasteiger partial charge is 0.0510 e. The van der Waals surface area contributed by atoms with Gasteiger partial charge in [0.05, 0.1) is 5.69 Å². The molecule has 0 bridgehead atoms. The number of hydrogen-bond acceptors (Lipinski definition) is 1. The third-order valence-corrected chi connectivity index (χ3v) is 5.46. The minimum absolute atomic E-state index is 0.659. The van der Waals surface area contributed by atoms with Crippen molar-refractivity contribution >= 4 is 0 Å². The zero-order valence-electron chi connectivity index (χ0n) is 12.5. The number of fused-ring (bicyclic) bond motifs is 2. The minimum Gasteiger partial charge on any atom is -0.257 e. The lowest BCUT2D eigenvalue weighted by Gasteiger charge is -2.30. The number of nitrogens with zero attached hydrogens (tertiary/aromatic N) is 1.